The smallest absolute Gasteiger partial charge is 0.235 e. The van der Waals surface area contributed by atoms with Gasteiger partial charge >= 0.3 is 0 Å². The normalized spacial score (nSPS) is 12.2. The number of hydrogen-bond donors (Lipinski definition) is 0. The minimum Gasteiger partial charge on any atom is -0.453 e. The van der Waals surface area contributed by atoms with Crippen LogP contribution >= 0.6 is 0 Å². The van der Waals surface area contributed by atoms with Gasteiger partial charge in [-0.2, -0.15) is 0 Å². The van der Waals surface area contributed by atoms with Gasteiger partial charge in [0.25, 0.3) is 0 Å². The van der Waals surface area contributed by atoms with Crippen molar-refractivity contribution in [1.82, 2.24) is 14.5 Å². The molecule has 5 aromatic carbocycles. The Morgan fingerprint density at radius 1 is 0.658 bits per heavy atom. The number of benzene rings is 5. The Balaban J connectivity index is 1.44. The molecule has 0 saturated heterocycles. The molecule has 1 aliphatic rings. The quantitative estimate of drug-likeness (QED) is 0.244. The lowest BCUT2D eigenvalue weighted by Gasteiger charge is -2.21. The van der Waals surface area contributed by atoms with Gasteiger partial charge in [0.15, 0.2) is 5.75 Å². The van der Waals surface area contributed by atoms with Gasteiger partial charge in [-0.3, -0.25) is 4.57 Å². The highest BCUT2D eigenvalue weighted by molar-refractivity contribution is 6.11. The molecule has 0 radical (unpaired) electrons. The SMILES string of the molecule is Cc1ccccc1-c1ccc2c3ccccc3n(-c3ncc4c(n3)-c3cccc5cccc(c35)O4)c2c1C. The predicted octanol–water partition coefficient (Wildman–Crippen LogP) is 8.78. The van der Waals surface area contributed by atoms with Crippen LogP contribution in [0.5, 0.6) is 11.5 Å². The summed E-state index contributed by atoms with van der Waals surface area (Å²) in [7, 11) is 0. The third kappa shape index (κ3) is 2.86. The first-order chi connectivity index (χ1) is 18.7. The molecule has 0 saturated carbocycles. The Labute approximate surface area is 219 Å². The van der Waals surface area contributed by atoms with Crippen LogP contribution in [0.15, 0.2) is 103 Å². The van der Waals surface area contributed by atoms with Crippen LogP contribution in [0.1, 0.15) is 11.1 Å². The number of aromatic nitrogens is 3. The van der Waals surface area contributed by atoms with Gasteiger partial charge in [0.1, 0.15) is 11.4 Å². The Hall–Kier alpha value is -4.96. The maximum Gasteiger partial charge on any atom is 0.235 e. The highest BCUT2D eigenvalue weighted by atomic mass is 16.5. The van der Waals surface area contributed by atoms with E-state index in [9.17, 15) is 0 Å². The fourth-order valence-corrected chi connectivity index (χ4v) is 6.04. The summed E-state index contributed by atoms with van der Waals surface area (Å²) in [5.41, 5.74) is 9.03. The van der Waals surface area contributed by atoms with E-state index in [1.165, 1.54) is 33.0 Å². The predicted molar refractivity (Wildman–Crippen MR) is 154 cm³/mol. The van der Waals surface area contributed by atoms with Crippen LogP contribution < -0.4 is 4.74 Å². The molecule has 3 heterocycles. The van der Waals surface area contributed by atoms with Gasteiger partial charge in [-0.1, -0.05) is 84.9 Å². The van der Waals surface area contributed by atoms with E-state index >= 15 is 0 Å². The van der Waals surface area contributed by atoms with Gasteiger partial charge in [0, 0.05) is 21.7 Å². The van der Waals surface area contributed by atoms with E-state index in [1.54, 1.807) is 0 Å². The van der Waals surface area contributed by atoms with E-state index in [0.717, 1.165) is 38.8 Å². The summed E-state index contributed by atoms with van der Waals surface area (Å²) < 4.78 is 8.49. The van der Waals surface area contributed by atoms with Crippen molar-refractivity contribution in [1.29, 1.82) is 0 Å². The molecule has 4 nitrogen and oxygen atoms in total. The maximum absolute atomic E-state index is 6.28. The standard InChI is InChI=1S/C34H23N3O/c1-20-9-3-4-12-23(20)24-17-18-26-25-13-5-6-15-28(25)37(33(26)21(24)2)34-35-19-30-32(36-34)27-14-7-10-22-11-8-16-29(38-30)31(22)27/h3-19H,1-2H3. The molecular weight excluding hydrogens is 466 g/mol. The lowest BCUT2D eigenvalue weighted by atomic mass is 9.95. The van der Waals surface area contributed by atoms with Gasteiger partial charge in [-0.15, -0.1) is 0 Å². The van der Waals surface area contributed by atoms with E-state index < -0.39 is 0 Å². The van der Waals surface area contributed by atoms with Gasteiger partial charge < -0.3 is 4.74 Å². The molecule has 0 atom stereocenters. The van der Waals surface area contributed by atoms with Crippen molar-refractivity contribution in [3.8, 4) is 39.8 Å². The summed E-state index contributed by atoms with van der Waals surface area (Å²) in [5, 5.41) is 4.61. The summed E-state index contributed by atoms with van der Waals surface area (Å²) in [6, 6.07) is 34.0. The van der Waals surface area contributed by atoms with Gasteiger partial charge in [-0.25, -0.2) is 9.97 Å². The Morgan fingerprint density at radius 3 is 2.34 bits per heavy atom. The van der Waals surface area contributed by atoms with E-state index in [-0.39, 0.29) is 0 Å². The number of rotatable bonds is 2. The highest BCUT2D eigenvalue weighted by Gasteiger charge is 2.24. The van der Waals surface area contributed by atoms with Gasteiger partial charge in [-0.05, 0) is 53.6 Å². The molecule has 8 rings (SSSR count). The first kappa shape index (κ1) is 21.2. The largest absolute Gasteiger partial charge is 0.453 e. The maximum atomic E-state index is 6.28. The van der Waals surface area contributed by atoms with E-state index in [0.29, 0.717) is 11.7 Å². The van der Waals surface area contributed by atoms with Crippen LogP contribution in [0, 0.1) is 13.8 Å². The number of aryl methyl sites for hydroxylation is 2. The fraction of sp³-hybridized carbons (Fsp3) is 0.0588. The van der Waals surface area contributed by atoms with Crippen LogP contribution in [-0.4, -0.2) is 14.5 Å². The van der Waals surface area contributed by atoms with Crippen LogP contribution in [0.4, 0.5) is 0 Å². The summed E-state index contributed by atoms with van der Waals surface area (Å²) >= 11 is 0. The molecule has 0 fully saturated rings. The minimum absolute atomic E-state index is 0.639. The van der Waals surface area contributed by atoms with Crippen LogP contribution in [-0.2, 0) is 0 Å². The minimum atomic E-state index is 0.639. The van der Waals surface area contributed by atoms with Crippen molar-refractivity contribution in [2.24, 2.45) is 0 Å². The second-order valence-corrected chi connectivity index (χ2v) is 9.95. The zero-order valence-electron chi connectivity index (χ0n) is 21.1. The third-order valence-electron chi connectivity index (χ3n) is 7.81. The van der Waals surface area contributed by atoms with Crippen molar-refractivity contribution in [3.63, 3.8) is 0 Å². The molecule has 0 N–H and O–H groups in total. The lowest BCUT2D eigenvalue weighted by molar-refractivity contribution is 0.481. The molecular formula is C34H23N3O. The molecule has 0 unspecified atom stereocenters. The van der Waals surface area contributed by atoms with Crippen molar-refractivity contribution in [2.45, 2.75) is 13.8 Å². The van der Waals surface area contributed by atoms with E-state index in [2.05, 4.69) is 103 Å². The zero-order valence-corrected chi connectivity index (χ0v) is 21.1. The molecule has 7 aromatic rings. The van der Waals surface area contributed by atoms with Crippen LogP contribution in [0.3, 0.4) is 0 Å². The Morgan fingerprint density at radius 2 is 1.45 bits per heavy atom. The lowest BCUT2D eigenvalue weighted by Crippen LogP contribution is -2.06. The second-order valence-electron chi connectivity index (χ2n) is 9.95. The monoisotopic (exact) mass is 489 g/mol. The first-order valence-corrected chi connectivity index (χ1v) is 12.9. The summed E-state index contributed by atoms with van der Waals surface area (Å²) in [4.78, 5) is 10.0. The van der Waals surface area contributed by atoms with Gasteiger partial charge in [0.2, 0.25) is 5.95 Å². The number of hydrogen-bond acceptors (Lipinski definition) is 3. The molecule has 0 spiro atoms. The van der Waals surface area contributed by atoms with E-state index in [1.807, 2.05) is 18.3 Å². The van der Waals surface area contributed by atoms with Crippen molar-refractivity contribution < 1.29 is 4.74 Å². The summed E-state index contributed by atoms with van der Waals surface area (Å²) in [6.45, 7) is 4.37. The average Bonchev–Trinajstić information content (AvgIpc) is 3.29. The highest BCUT2D eigenvalue weighted by Crippen LogP contribution is 2.46. The average molecular weight is 490 g/mol. The molecule has 4 heteroatoms. The zero-order chi connectivity index (χ0) is 25.4. The number of para-hydroxylation sites is 1. The molecule has 2 aromatic heterocycles. The number of fused-ring (bicyclic) bond motifs is 5. The number of ether oxygens (including phenoxy) is 1. The van der Waals surface area contributed by atoms with Crippen molar-refractivity contribution >= 4 is 32.6 Å². The Bertz CT molecular complexity index is 2080. The fourth-order valence-electron chi connectivity index (χ4n) is 6.04. The molecule has 1 aliphatic heterocycles. The Kier molecular flexibility index (Phi) is 4.32. The van der Waals surface area contributed by atoms with E-state index in [4.69, 9.17) is 14.7 Å². The molecule has 38 heavy (non-hydrogen) atoms. The third-order valence-corrected chi connectivity index (χ3v) is 7.81. The topological polar surface area (TPSA) is 39.9 Å². The molecule has 0 bridgehead atoms. The van der Waals surface area contributed by atoms with Crippen LogP contribution in [0.25, 0.3) is 60.9 Å². The first-order valence-electron chi connectivity index (χ1n) is 12.9. The molecule has 0 aliphatic carbocycles. The summed E-state index contributed by atoms with van der Waals surface area (Å²) in [5.74, 6) is 2.16. The second kappa shape index (κ2) is 7.77. The van der Waals surface area contributed by atoms with Gasteiger partial charge in [0.05, 0.1) is 17.2 Å². The molecule has 180 valence electrons. The molecule has 0 amide bonds. The van der Waals surface area contributed by atoms with Crippen molar-refractivity contribution in [3.05, 3.63) is 114 Å². The van der Waals surface area contributed by atoms with Crippen molar-refractivity contribution in [2.75, 3.05) is 0 Å². The summed E-state index contributed by atoms with van der Waals surface area (Å²) in [6.07, 6.45) is 1.81. The number of nitrogens with zero attached hydrogens (tertiary/aromatic N) is 3. The van der Waals surface area contributed by atoms with Crippen LogP contribution in [0.2, 0.25) is 0 Å².